The standard InChI is InChI=1S/C7H10N2O2/c10-3-7-8-5-1-2-11-4-6(5)9-7/h10H,1-4H2,(H,8,9). The van der Waals surface area contributed by atoms with Crippen molar-refractivity contribution in [2.24, 2.45) is 0 Å². The number of aliphatic hydroxyl groups is 1. The van der Waals surface area contributed by atoms with Gasteiger partial charge in [-0.05, 0) is 0 Å². The Morgan fingerprint density at radius 3 is 3.27 bits per heavy atom. The molecule has 2 N–H and O–H groups in total. The van der Waals surface area contributed by atoms with Gasteiger partial charge in [0.25, 0.3) is 0 Å². The van der Waals surface area contributed by atoms with Crippen molar-refractivity contribution in [1.29, 1.82) is 0 Å². The van der Waals surface area contributed by atoms with Gasteiger partial charge >= 0.3 is 0 Å². The summed E-state index contributed by atoms with van der Waals surface area (Å²) in [5, 5.41) is 8.75. The van der Waals surface area contributed by atoms with Crippen LogP contribution in [0.1, 0.15) is 17.2 Å². The Hall–Kier alpha value is -0.870. The highest BCUT2D eigenvalue weighted by Crippen LogP contribution is 2.13. The second-order valence-corrected chi connectivity index (χ2v) is 2.57. The predicted octanol–water partition coefficient (Wildman–Crippen LogP) is -0.0253. The highest BCUT2D eigenvalue weighted by Gasteiger charge is 2.13. The lowest BCUT2D eigenvalue weighted by atomic mass is 10.2. The van der Waals surface area contributed by atoms with E-state index in [1.165, 1.54) is 0 Å². The maximum absolute atomic E-state index is 8.75. The molecule has 2 heterocycles. The van der Waals surface area contributed by atoms with E-state index in [0.717, 1.165) is 24.4 Å². The molecule has 0 unspecified atom stereocenters. The van der Waals surface area contributed by atoms with Gasteiger partial charge in [0, 0.05) is 6.42 Å². The molecule has 0 saturated carbocycles. The molecule has 11 heavy (non-hydrogen) atoms. The van der Waals surface area contributed by atoms with E-state index < -0.39 is 0 Å². The first-order valence-corrected chi connectivity index (χ1v) is 3.65. The van der Waals surface area contributed by atoms with Crippen LogP contribution in [0.3, 0.4) is 0 Å². The Morgan fingerprint density at radius 1 is 1.64 bits per heavy atom. The molecule has 0 amide bonds. The van der Waals surface area contributed by atoms with Gasteiger partial charge in [-0.1, -0.05) is 0 Å². The number of hydrogen-bond donors (Lipinski definition) is 2. The molecular formula is C7H10N2O2. The minimum atomic E-state index is -0.0208. The number of imidazole rings is 1. The van der Waals surface area contributed by atoms with E-state index in [9.17, 15) is 0 Å². The first kappa shape index (κ1) is 6.82. The smallest absolute Gasteiger partial charge is 0.132 e. The van der Waals surface area contributed by atoms with E-state index in [0.29, 0.717) is 12.4 Å². The molecule has 0 bridgehead atoms. The van der Waals surface area contributed by atoms with Gasteiger partial charge in [0.15, 0.2) is 0 Å². The summed E-state index contributed by atoms with van der Waals surface area (Å²) < 4.78 is 5.20. The first-order chi connectivity index (χ1) is 5.40. The lowest BCUT2D eigenvalue weighted by molar-refractivity contribution is 0.107. The summed E-state index contributed by atoms with van der Waals surface area (Å²) in [7, 11) is 0. The van der Waals surface area contributed by atoms with Gasteiger partial charge in [-0.15, -0.1) is 0 Å². The molecule has 0 atom stereocenters. The number of H-pyrrole nitrogens is 1. The molecular weight excluding hydrogens is 144 g/mol. The zero-order chi connectivity index (χ0) is 7.68. The summed E-state index contributed by atoms with van der Waals surface area (Å²) in [6, 6.07) is 0. The molecule has 0 aliphatic carbocycles. The van der Waals surface area contributed by atoms with Crippen LogP contribution >= 0.6 is 0 Å². The summed E-state index contributed by atoms with van der Waals surface area (Å²) in [5.41, 5.74) is 2.06. The summed E-state index contributed by atoms with van der Waals surface area (Å²) in [5.74, 6) is 0.639. The van der Waals surface area contributed by atoms with Gasteiger partial charge < -0.3 is 14.8 Å². The zero-order valence-corrected chi connectivity index (χ0v) is 6.13. The SMILES string of the molecule is OCc1nc2c([nH]1)COCC2. The molecule has 0 fully saturated rings. The predicted molar refractivity (Wildman–Crippen MR) is 37.9 cm³/mol. The maximum Gasteiger partial charge on any atom is 0.132 e. The minimum absolute atomic E-state index is 0.0208. The summed E-state index contributed by atoms with van der Waals surface area (Å²) in [4.78, 5) is 7.18. The third-order valence-corrected chi connectivity index (χ3v) is 1.79. The second-order valence-electron chi connectivity index (χ2n) is 2.57. The minimum Gasteiger partial charge on any atom is -0.388 e. The molecule has 1 aromatic heterocycles. The molecule has 2 rings (SSSR count). The van der Waals surface area contributed by atoms with Crippen molar-refractivity contribution < 1.29 is 9.84 Å². The third-order valence-electron chi connectivity index (χ3n) is 1.79. The molecule has 4 nitrogen and oxygen atoms in total. The van der Waals surface area contributed by atoms with Crippen LogP contribution in [0.2, 0.25) is 0 Å². The van der Waals surface area contributed by atoms with Gasteiger partial charge in [-0.3, -0.25) is 0 Å². The summed E-state index contributed by atoms with van der Waals surface area (Å²) in [6.45, 7) is 1.32. The van der Waals surface area contributed by atoms with Crippen LogP contribution in [-0.2, 0) is 24.4 Å². The van der Waals surface area contributed by atoms with Crippen molar-refractivity contribution in [3.05, 3.63) is 17.2 Å². The van der Waals surface area contributed by atoms with Gasteiger partial charge in [-0.25, -0.2) is 4.98 Å². The fourth-order valence-corrected chi connectivity index (χ4v) is 1.25. The number of rotatable bonds is 1. The number of fused-ring (bicyclic) bond motifs is 1. The van der Waals surface area contributed by atoms with Crippen molar-refractivity contribution in [2.75, 3.05) is 6.61 Å². The Balaban J connectivity index is 2.32. The number of nitrogens with zero attached hydrogens (tertiary/aromatic N) is 1. The van der Waals surface area contributed by atoms with Crippen LogP contribution in [-0.4, -0.2) is 21.7 Å². The summed E-state index contributed by atoms with van der Waals surface area (Å²) in [6.07, 6.45) is 0.853. The normalized spacial score (nSPS) is 16.5. The number of hydrogen-bond acceptors (Lipinski definition) is 3. The molecule has 0 spiro atoms. The Morgan fingerprint density at radius 2 is 2.55 bits per heavy atom. The number of ether oxygens (including phenoxy) is 1. The van der Waals surface area contributed by atoms with Crippen molar-refractivity contribution in [2.45, 2.75) is 19.6 Å². The van der Waals surface area contributed by atoms with E-state index in [-0.39, 0.29) is 6.61 Å². The van der Waals surface area contributed by atoms with Crippen molar-refractivity contribution in [3.63, 3.8) is 0 Å². The van der Waals surface area contributed by atoms with Gasteiger partial charge in [0.2, 0.25) is 0 Å². The van der Waals surface area contributed by atoms with Crippen LogP contribution in [0.4, 0.5) is 0 Å². The Kier molecular flexibility index (Phi) is 1.63. The number of nitrogens with one attached hydrogen (secondary N) is 1. The molecule has 4 heteroatoms. The van der Waals surface area contributed by atoms with E-state index in [2.05, 4.69) is 9.97 Å². The van der Waals surface area contributed by atoms with Crippen molar-refractivity contribution >= 4 is 0 Å². The molecule has 60 valence electrons. The lowest BCUT2D eigenvalue weighted by Crippen LogP contribution is -2.08. The highest BCUT2D eigenvalue weighted by atomic mass is 16.5. The summed E-state index contributed by atoms with van der Waals surface area (Å²) >= 11 is 0. The largest absolute Gasteiger partial charge is 0.388 e. The van der Waals surface area contributed by atoms with Crippen LogP contribution < -0.4 is 0 Å². The second kappa shape index (κ2) is 2.64. The van der Waals surface area contributed by atoms with E-state index in [4.69, 9.17) is 9.84 Å². The lowest BCUT2D eigenvalue weighted by Gasteiger charge is -2.09. The van der Waals surface area contributed by atoms with Crippen molar-refractivity contribution in [1.82, 2.24) is 9.97 Å². The molecule has 1 aromatic rings. The Labute approximate surface area is 64.2 Å². The third kappa shape index (κ3) is 1.15. The average molecular weight is 154 g/mol. The van der Waals surface area contributed by atoms with Gasteiger partial charge in [0.1, 0.15) is 12.4 Å². The molecule has 1 aliphatic rings. The average Bonchev–Trinajstić information content (AvgIpc) is 2.46. The maximum atomic E-state index is 8.75. The van der Waals surface area contributed by atoms with E-state index in [1.807, 2.05) is 0 Å². The molecule has 1 aliphatic heterocycles. The topological polar surface area (TPSA) is 58.1 Å². The fraction of sp³-hybridized carbons (Fsp3) is 0.571. The number of aliphatic hydroxyl groups excluding tert-OH is 1. The van der Waals surface area contributed by atoms with Gasteiger partial charge in [-0.2, -0.15) is 0 Å². The first-order valence-electron chi connectivity index (χ1n) is 3.65. The van der Waals surface area contributed by atoms with Crippen molar-refractivity contribution in [3.8, 4) is 0 Å². The molecule has 0 aromatic carbocycles. The van der Waals surface area contributed by atoms with Crippen LogP contribution in [0, 0.1) is 0 Å². The van der Waals surface area contributed by atoms with E-state index in [1.54, 1.807) is 0 Å². The Bertz CT molecular complexity index is 233. The van der Waals surface area contributed by atoms with Crippen LogP contribution in [0.25, 0.3) is 0 Å². The molecule has 0 saturated heterocycles. The molecule has 0 radical (unpaired) electrons. The van der Waals surface area contributed by atoms with Crippen LogP contribution in [0.15, 0.2) is 0 Å². The van der Waals surface area contributed by atoms with E-state index >= 15 is 0 Å². The number of aromatic amines is 1. The highest BCUT2D eigenvalue weighted by molar-refractivity contribution is 5.15. The number of aromatic nitrogens is 2. The fourth-order valence-electron chi connectivity index (χ4n) is 1.25. The monoisotopic (exact) mass is 154 g/mol. The zero-order valence-electron chi connectivity index (χ0n) is 6.13. The van der Waals surface area contributed by atoms with Crippen LogP contribution in [0.5, 0.6) is 0 Å². The van der Waals surface area contributed by atoms with Gasteiger partial charge in [0.05, 0.1) is 24.6 Å². The quantitative estimate of drug-likeness (QED) is 0.597.